The van der Waals surface area contributed by atoms with E-state index in [4.69, 9.17) is 4.74 Å². The topological polar surface area (TPSA) is 72.1 Å². The molecule has 0 amide bonds. The predicted molar refractivity (Wildman–Crippen MR) is 55.5 cm³/mol. The summed E-state index contributed by atoms with van der Waals surface area (Å²) in [6.07, 6.45) is 4.91. The maximum atomic E-state index is 11.3. The van der Waals surface area contributed by atoms with E-state index in [1.807, 2.05) is 0 Å². The van der Waals surface area contributed by atoms with Crippen molar-refractivity contribution >= 4 is 9.84 Å². The highest BCUT2D eigenvalue weighted by Gasteiger charge is 2.25. The van der Waals surface area contributed by atoms with Crippen molar-refractivity contribution in [1.29, 1.82) is 0 Å². The Balaban J connectivity index is 1.85. The Morgan fingerprint density at radius 1 is 1.60 bits per heavy atom. The molecule has 1 aromatic heterocycles. The minimum absolute atomic E-state index is 0.124. The summed E-state index contributed by atoms with van der Waals surface area (Å²) in [5.41, 5.74) is 0. The highest BCUT2D eigenvalue weighted by molar-refractivity contribution is 7.91. The van der Waals surface area contributed by atoms with Crippen LogP contribution in [0.1, 0.15) is 12.8 Å². The molecule has 1 N–H and O–H groups in total. The Bertz CT molecular complexity index is 399. The number of hydrogen-bond acceptors (Lipinski definition) is 4. The molecular formula is C9H14N2O3S. The number of aromatic nitrogens is 2. The normalized spacial score (nSPS) is 24.9. The molecule has 0 radical (unpaired) electrons. The molecular weight excluding hydrogens is 216 g/mol. The summed E-state index contributed by atoms with van der Waals surface area (Å²) in [5, 5.41) is 6.39. The highest BCUT2D eigenvalue weighted by Crippen LogP contribution is 2.19. The average Bonchev–Trinajstić information content (AvgIpc) is 2.65. The minimum Gasteiger partial charge on any atom is -0.490 e. The van der Waals surface area contributed by atoms with Gasteiger partial charge in [-0.3, -0.25) is 5.10 Å². The van der Waals surface area contributed by atoms with Crippen LogP contribution in [0.5, 0.6) is 5.75 Å². The molecule has 5 nitrogen and oxygen atoms in total. The van der Waals surface area contributed by atoms with Gasteiger partial charge in [0.2, 0.25) is 0 Å². The molecule has 1 saturated heterocycles. The van der Waals surface area contributed by atoms with E-state index < -0.39 is 9.84 Å². The molecule has 1 aromatic rings. The van der Waals surface area contributed by atoms with Crippen LogP contribution in [0, 0.1) is 5.92 Å². The van der Waals surface area contributed by atoms with E-state index in [1.54, 1.807) is 12.4 Å². The molecule has 1 aliphatic rings. The summed E-state index contributed by atoms with van der Waals surface area (Å²) in [6.45, 7) is 0.457. The van der Waals surface area contributed by atoms with Gasteiger partial charge in [-0.2, -0.15) is 5.10 Å². The summed E-state index contributed by atoms with van der Waals surface area (Å²) in [6, 6.07) is 0. The first kappa shape index (κ1) is 10.5. The Kier molecular flexibility index (Phi) is 2.95. The van der Waals surface area contributed by atoms with E-state index >= 15 is 0 Å². The van der Waals surface area contributed by atoms with Crippen molar-refractivity contribution in [2.45, 2.75) is 12.8 Å². The summed E-state index contributed by atoms with van der Waals surface area (Å²) in [7, 11) is -2.83. The van der Waals surface area contributed by atoms with Crippen LogP contribution in [0.3, 0.4) is 0 Å². The van der Waals surface area contributed by atoms with Crippen LogP contribution in [-0.4, -0.2) is 36.7 Å². The number of hydrogen-bond donors (Lipinski definition) is 1. The van der Waals surface area contributed by atoms with Gasteiger partial charge >= 0.3 is 0 Å². The molecule has 84 valence electrons. The summed E-state index contributed by atoms with van der Waals surface area (Å²) >= 11 is 0. The number of nitrogens with one attached hydrogen (secondary N) is 1. The first-order valence-electron chi connectivity index (χ1n) is 4.98. The molecule has 6 heteroatoms. The predicted octanol–water partition coefficient (Wildman–Crippen LogP) is 0.613. The molecule has 2 heterocycles. The van der Waals surface area contributed by atoms with Crippen molar-refractivity contribution in [2.75, 3.05) is 18.1 Å². The summed E-state index contributed by atoms with van der Waals surface area (Å²) in [5.74, 6) is 1.37. The monoisotopic (exact) mass is 230 g/mol. The minimum atomic E-state index is -2.83. The van der Waals surface area contributed by atoms with Crippen LogP contribution in [0.15, 0.2) is 12.4 Å². The standard InChI is InChI=1S/C9H14N2O3S/c12-15(13)3-1-2-8(7-15)6-14-9-4-10-11-5-9/h4-5,8H,1-3,6-7H2,(H,10,11). The van der Waals surface area contributed by atoms with Gasteiger partial charge in [-0.15, -0.1) is 0 Å². The Morgan fingerprint density at radius 3 is 3.13 bits per heavy atom. The number of sulfone groups is 1. The van der Waals surface area contributed by atoms with Crippen molar-refractivity contribution in [1.82, 2.24) is 10.2 Å². The van der Waals surface area contributed by atoms with Gasteiger partial charge in [-0.25, -0.2) is 8.42 Å². The van der Waals surface area contributed by atoms with Crippen LogP contribution in [0.2, 0.25) is 0 Å². The molecule has 0 saturated carbocycles. The third-order valence-electron chi connectivity index (χ3n) is 2.52. The van der Waals surface area contributed by atoms with E-state index in [0.717, 1.165) is 12.8 Å². The van der Waals surface area contributed by atoms with Crippen molar-refractivity contribution in [2.24, 2.45) is 5.92 Å². The second kappa shape index (κ2) is 4.22. The fourth-order valence-electron chi connectivity index (χ4n) is 1.78. The lowest BCUT2D eigenvalue weighted by atomic mass is 10.1. The van der Waals surface area contributed by atoms with Gasteiger partial charge < -0.3 is 4.74 Å². The summed E-state index contributed by atoms with van der Waals surface area (Å²) in [4.78, 5) is 0. The molecule has 0 aliphatic carbocycles. The number of rotatable bonds is 3. The Labute approximate surface area is 88.8 Å². The van der Waals surface area contributed by atoms with E-state index in [9.17, 15) is 8.42 Å². The third kappa shape index (κ3) is 2.95. The molecule has 1 aliphatic heterocycles. The quantitative estimate of drug-likeness (QED) is 0.826. The van der Waals surface area contributed by atoms with Crippen LogP contribution in [0.4, 0.5) is 0 Å². The summed E-state index contributed by atoms with van der Waals surface area (Å²) < 4.78 is 28.1. The Morgan fingerprint density at radius 2 is 2.47 bits per heavy atom. The Hall–Kier alpha value is -1.04. The average molecular weight is 230 g/mol. The second-order valence-corrected chi connectivity index (χ2v) is 6.10. The number of nitrogens with zero attached hydrogens (tertiary/aromatic N) is 1. The number of aromatic amines is 1. The van der Waals surface area contributed by atoms with Crippen molar-refractivity contribution in [3.8, 4) is 5.75 Å². The van der Waals surface area contributed by atoms with Crippen molar-refractivity contribution in [3.63, 3.8) is 0 Å². The molecule has 2 rings (SSSR count). The molecule has 1 unspecified atom stereocenters. The smallest absolute Gasteiger partial charge is 0.156 e. The SMILES string of the molecule is O=S1(=O)CCCC(COc2cn[nH]c2)C1. The first-order valence-corrected chi connectivity index (χ1v) is 6.80. The van der Waals surface area contributed by atoms with E-state index in [1.165, 1.54) is 0 Å². The lowest BCUT2D eigenvalue weighted by Crippen LogP contribution is -2.29. The lowest BCUT2D eigenvalue weighted by Gasteiger charge is -2.21. The van der Waals surface area contributed by atoms with Crippen LogP contribution in [-0.2, 0) is 9.84 Å². The van der Waals surface area contributed by atoms with Crippen LogP contribution in [0.25, 0.3) is 0 Å². The maximum Gasteiger partial charge on any atom is 0.156 e. The number of ether oxygens (including phenoxy) is 1. The van der Waals surface area contributed by atoms with Crippen molar-refractivity contribution in [3.05, 3.63) is 12.4 Å². The second-order valence-electron chi connectivity index (χ2n) is 3.87. The van der Waals surface area contributed by atoms with Crippen LogP contribution < -0.4 is 4.74 Å². The van der Waals surface area contributed by atoms with Crippen molar-refractivity contribution < 1.29 is 13.2 Å². The van der Waals surface area contributed by atoms with Gasteiger partial charge in [0.25, 0.3) is 0 Å². The van der Waals surface area contributed by atoms with Gasteiger partial charge in [-0.05, 0) is 12.8 Å². The van der Waals surface area contributed by atoms with Crippen LogP contribution >= 0.6 is 0 Å². The zero-order chi connectivity index (χ0) is 10.7. The van der Waals surface area contributed by atoms with Gasteiger partial charge in [0.1, 0.15) is 0 Å². The van der Waals surface area contributed by atoms with Gasteiger partial charge in [0, 0.05) is 5.92 Å². The maximum absolute atomic E-state index is 11.3. The van der Waals surface area contributed by atoms with E-state index in [0.29, 0.717) is 18.1 Å². The van der Waals surface area contributed by atoms with E-state index in [-0.39, 0.29) is 11.7 Å². The number of H-pyrrole nitrogens is 1. The third-order valence-corrected chi connectivity index (χ3v) is 4.41. The highest BCUT2D eigenvalue weighted by atomic mass is 32.2. The van der Waals surface area contributed by atoms with Gasteiger partial charge in [0.15, 0.2) is 15.6 Å². The fraction of sp³-hybridized carbons (Fsp3) is 0.667. The molecule has 0 aromatic carbocycles. The molecule has 1 atom stereocenters. The zero-order valence-electron chi connectivity index (χ0n) is 8.35. The molecule has 0 bridgehead atoms. The molecule has 0 spiro atoms. The first-order chi connectivity index (χ1) is 7.16. The van der Waals surface area contributed by atoms with E-state index in [2.05, 4.69) is 10.2 Å². The molecule has 15 heavy (non-hydrogen) atoms. The fourth-order valence-corrected chi connectivity index (χ4v) is 3.54. The van der Waals surface area contributed by atoms with Gasteiger partial charge in [-0.1, -0.05) is 0 Å². The lowest BCUT2D eigenvalue weighted by molar-refractivity contribution is 0.249. The largest absolute Gasteiger partial charge is 0.490 e. The van der Waals surface area contributed by atoms with Gasteiger partial charge in [0.05, 0.1) is 30.5 Å². The zero-order valence-corrected chi connectivity index (χ0v) is 9.16. The molecule has 1 fully saturated rings.